The lowest BCUT2D eigenvalue weighted by atomic mass is 9.47. The van der Waals surface area contributed by atoms with Crippen LogP contribution in [0.1, 0.15) is 157 Å². The van der Waals surface area contributed by atoms with Gasteiger partial charge < -0.3 is 21.1 Å². The number of hydrogen-bond donors (Lipinski definition) is 2. The Balaban J connectivity index is 1.34. The van der Waals surface area contributed by atoms with E-state index in [2.05, 4.69) is 40.7 Å². The normalized spacial score (nSPS) is 33.2. The zero-order chi connectivity index (χ0) is 32.5. The van der Waals surface area contributed by atoms with Crippen molar-refractivity contribution in [2.24, 2.45) is 57.8 Å². The van der Waals surface area contributed by atoms with E-state index in [1.807, 2.05) is 4.90 Å². The first-order chi connectivity index (χ1) is 21.6. The number of rotatable bonds is 18. The van der Waals surface area contributed by atoms with E-state index in [9.17, 15) is 4.79 Å². The van der Waals surface area contributed by atoms with Gasteiger partial charge in [-0.1, -0.05) is 91.2 Å². The number of fused-ring (bicyclic) bond motifs is 5. The summed E-state index contributed by atoms with van der Waals surface area (Å²) in [7, 11) is 0. The molecule has 4 aliphatic carbocycles. The minimum Gasteiger partial charge on any atom is -0.446 e. The summed E-state index contributed by atoms with van der Waals surface area (Å²) in [6.45, 7) is 15.7. The maximum atomic E-state index is 13.5. The van der Waals surface area contributed by atoms with Crippen LogP contribution in [0.5, 0.6) is 0 Å². The highest BCUT2D eigenvalue weighted by Crippen LogP contribution is 2.67. The minimum atomic E-state index is -0.0801. The van der Waals surface area contributed by atoms with Crippen molar-refractivity contribution in [3.8, 4) is 0 Å². The third-order valence-electron chi connectivity index (χ3n) is 13.5. The molecule has 5 heteroatoms. The van der Waals surface area contributed by atoms with Crippen molar-refractivity contribution in [2.45, 2.75) is 163 Å². The summed E-state index contributed by atoms with van der Waals surface area (Å²) in [5, 5.41) is 0. The Morgan fingerprint density at radius 2 is 1.51 bits per heavy atom. The van der Waals surface area contributed by atoms with E-state index < -0.39 is 0 Å². The fourth-order valence-electron chi connectivity index (χ4n) is 10.9. The van der Waals surface area contributed by atoms with Gasteiger partial charge in [-0.2, -0.15) is 0 Å². The molecule has 3 fully saturated rings. The van der Waals surface area contributed by atoms with E-state index >= 15 is 0 Å². The Bertz CT molecular complexity index is 921. The summed E-state index contributed by atoms with van der Waals surface area (Å²) < 4.78 is 6.32. The summed E-state index contributed by atoms with van der Waals surface area (Å²) in [6.07, 6.45) is 25.7. The second kappa shape index (κ2) is 17.4. The molecule has 4 aliphatic rings. The van der Waals surface area contributed by atoms with E-state index in [4.69, 9.17) is 16.2 Å². The molecule has 1 amide bonds. The Morgan fingerprint density at radius 1 is 0.844 bits per heavy atom. The highest BCUT2D eigenvalue weighted by atomic mass is 16.6. The van der Waals surface area contributed by atoms with Crippen LogP contribution < -0.4 is 11.5 Å². The molecule has 0 spiro atoms. The van der Waals surface area contributed by atoms with E-state index in [0.29, 0.717) is 10.8 Å². The maximum Gasteiger partial charge on any atom is 0.410 e. The Hall–Kier alpha value is -1.07. The molecule has 45 heavy (non-hydrogen) atoms. The second-order valence-corrected chi connectivity index (χ2v) is 16.9. The lowest BCUT2D eigenvalue weighted by Crippen LogP contribution is -2.51. The number of allylic oxidation sites excluding steroid dienone is 1. The number of nitrogens with zero attached hydrogens (tertiary/aromatic N) is 1. The van der Waals surface area contributed by atoms with Gasteiger partial charge in [0, 0.05) is 19.5 Å². The maximum absolute atomic E-state index is 13.5. The van der Waals surface area contributed by atoms with Gasteiger partial charge in [0.05, 0.1) is 0 Å². The zero-order valence-electron chi connectivity index (χ0n) is 30.3. The average molecular weight is 628 g/mol. The summed E-state index contributed by atoms with van der Waals surface area (Å²) in [5.74, 6) is 5.14. The molecule has 0 aromatic carbocycles. The number of unbranched alkanes of at least 4 members (excludes halogenated alkanes) is 6. The van der Waals surface area contributed by atoms with Crippen molar-refractivity contribution in [3.05, 3.63) is 11.6 Å². The number of ether oxygens (including phenoxy) is 1. The number of carbonyl (C=O) groups is 1. The van der Waals surface area contributed by atoms with Crippen molar-refractivity contribution >= 4 is 6.09 Å². The molecule has 0 radical (unpaired) electrons. The summed E-state index contributed by atoms with van der Waals surface area (Å²) in [6, 6.07) is 0. The highest BCUT2D eigenvalue weighted by molar-refractivity contribution is 5.67. The molecular weight excluding hydrogens is 554 g/mol. The van der Waals surface area contributed by atoms with Crippen molar-refractivity contribution < 1.29 is 9.53 Å². The van der Waals surface area contributed by atoms with Gasteiger partial charge in [-0.3, -0.25) is 0 Å². The number of nitrogens with two attached hydrogens (primary N) is 2. The molecule has 5 nitrogen and oxygen atoms in total. The van der Waals surface area contributed by atoms with Crippen molar-refractivity contribution in [3.63, 3.8) is 0 Å². The molecule has 0 heterocycles. The van der Waals surface area contributed by atoms with Crippen molar-refractivity contribution in [2.75, 3.05) is 26.2 Å². The number of amides is 1. The first kappa shape index (κ1) is 36.8. The molecule has 260 valence electrons. The van der Waals surface area contributed by atoms with Crippen LogP contribution in [0.4, 0.5) is 4.79 Å². The molecular formula is C40H73N3O2. The molecule has 0 saturated heterocycles. The molecule has 3 saturated carbocycles. The average Bonchev–Trinajstić information content (AvgIpc) is 3.37. The molecule has 4 rings (SSSR count). The Morgan fingerprint density at radius 3 is 2.16 bits per heavy atom. The molecule has 4 N–H and O–H groups in total. The van der Waals surface area contributed by atoms with Gasteiger partial charge in [-0.05, 0) is 130 Å². The molecule has 0 aromatic heterocycles. The molecule has 0 unspecified atom stereocenters. The lowest BCUT2D eigenvalue weighted by molar-refractivity contribution is -0.0593. The van der Waals surface area contributed by atoms with Gasteiger partial charge in [0.25, 0.3) is 0 Å². The van der Waals surface area contributed by atoms with Gasteiger partial charge in [0.1, 0.15) is 6.10 Å². The quantitative estimate of drug-likeness (QED) is 0.117. The van der Waals surface area contributed by atoms with Crippen molar-refractivity contribution in [1.29, 1.82) is 0 Å². The lowest BCUT2D eigenvalue weighted by Gasteiger charge is -2.58. The monoisotopic (exact) mass is 628 g/mol. The predicted molar refractivity (Wildman–Crippen MR) is 190 cm³/mol. The van der Waals surface area contributed by atoms with Crippen LogP contribution in [0, 0.1) is 46.3 Å². The van der Waals surface area contributed by atoms with Gasteiger partial charge >= 0.3 is 6.09 Å². The van der Waals surface area contributed by atoms with Crippen LogP contribution in [0.2, 0.25) is 0 Å². The Labute approximate surface area is 278 Å². The first-order valence-electron chi connectivity index (χ1n) is 19.7. The topological polar surface area (TPSA) is 81.6 Å². The molecule has 8 atom stereocenters. The predicted octanol–water partition coefficient (Wildman–Crippen LogP) is 9.87. The van der Waals surface area contributed by atoms with Gasteiger partial charge in [0.15, 0.2) is 0 Å². The zero-order valence-corrected chi connectivity index (χ0v) is 30.3. The fourth-order valence-corrected chi connectivity index (χ4v) is 10.9. The van der Waals surface area contributed by atoms with E-state index in [1.54, 1.807) is 5.57 Å². The molecule has 0 aliphatic heterocycles. The second-order valence-electron chi connectivity index (χ2n) is 16.9. The van der Waals surface area contributed by atoms with Crippen LogP contribution in [0.15, 0.2) is 11.6 Å². The van der Waals surface area contributed by atoms with Crippen LogP contribution in [-0.2, 0) is 4.74 Å². The van der Waals surface area contributed by atoms with Gasteiger partial charge in [-0.25, -0.2) is 4.79 Å². The van der Waals surface area contributed by atoms with Crippen LogP contribution in [0.25, 0.3) is 0 Å². The van der Waals surface area contributed by atoms with Crippen LogP contribution in [-0.4, -0.2) is 43.3 Å². The number of carbonyl (C=O) groups excluding carboxylic acids is 1. The summed E-state index contributed by atoms with van der Waals surface area (Å²) in [5.41, 5.74) is 13.8. The Kier molecular flexibility index (Phi) is 14.2. The molecule has 0 bridgehead atoms. The third-order valence-corrected chi connectivity index (χ3v) is 13.5. The smallest absolute Gasteiger partial charge is 0.410 e. The minimum absolute atomic E-state index is 0.0294. The van der Waals surface area contributed by atoms with Crippen LogP contribution >= 0.6 is 0 Å². The van der Waals surface area contributed by atoms with Gasteiger partial charge in [-0.15, -0.1) is 0 Å². The number of hydrogen-bond acceptors (Lipinski definition) is 4. The van der Waals surface area contributed by atoms with E-state index in [-0.39, 0.29) is 12.2 Å². The summed E-state index contributed by atoms with van der Waals surface area (Å²) in [4.78, 5) is 15.5. The van der Waals surface area contributed by atoms with E-state index in [1.165, 1.54) is 57.8 Å². The SMILES string of the molecule is CC(C)CCC[C@@H](C)[C@H]1CC[C@H]2[C@@H]3CC=C4C[C@@H](OC(=O)N(CCCCCCN)CCCCCCN)CC[C@]4(C)[C@H]3CC[C@]12C. The van der Waals surface area contributed by atoms with E-state index in [0.717, 1.165) is 126 Å². The van der Waals surface area contributed by atoms with Crippen LogP contribution in [0.3, 0.4) is 0 Å². The third kappa shape index (κ3) is 9.09. The summed E-state index contributed by atoms with van der Waals surface area (Å²) >= 11 is 0. The van der Waals surface area contributed by atoms with Gasteiger partial charge in [0.2, 0.25) is 0 Å². The highest BCUT2D eigenvalue weighted by Gasteiger charge is 2.59. The fraction of sp³-hybridized carbons (Fsp3) is 0.925. The molecule has 0 aromatic rings. The standard InChI is InChI=1S/C40H73N3O2/c1-30(2)15-14-16-31(3)35-19-20-36-34-18-17-32-29-33(21-23-39(32,4)37(34)22-24-40(35,36)5)45-38(44)43(27-12-8-6-10-25-41)28-13-9-7-11-26-42/h17,30-31,33-37H,6-16,18-29,41-42H2,1-5H3/t31-,33+,34+,35-,36+,37+,39+,40-/m1/s1. The first-order valence-corrected chi connectivity index (χ1v) is 19.7. The largest absolute Gasteiger partial charge is 0.446 e. The van der Waals surface area contributed by atoms with Crippen molar-refractivity contribution in [1.82, 2.24) is 4.90 Å².